The third kappa shape index (κ3) is 2.71. The van der Waals surface area contributed by atoms with Crippen LogP contribution in [0.2, 0.25) is 0 Å². The van der Waals surface area contributed by atoms with E-state index in [-0.39, 0.29) is 18.1 Å². The van der Waals surface area contributed by atoms with E-state index in [0.29, 0.717) is 11.5 Å². The van der Waals surface area contributed by atoms with Crippen molar-refractivity contribution < 1.29 is 4.79 Å². The van der Waals surface area contributed by atoms with Crippen molar-refractivity contribution in [1.82, 2.24) is 35.7 Å². The number of para-hydroxylation sites is 2. The van der Waals surface area contributed by atoms with Crippen molar-refractivity contribution >= 4 is 11.6 Å². The standard InChI is InChI=1S/C12H12N8O/c13-8-3-1-2-4-10(8)20-6-5-9(17-20)12(21)14-7-11-15-18-19-16-11/h1-6H,7,13H2,(H,14,21)(H,15,16,18,19). The molecule has 3 aromatic rings. The lowest BCUT2D eigenvalue weighted by Crippen LogP contribution is -2.24. The smallest absolute Gasteiger partial charge is 0.272 e. The molecule has 0 radical (unpaired) electrons. The molecule has 2 heterocycles. The molecule has 9 nitrogen and oxygen atoms in total. The monoisotopic (exact) mass is 284 g/mol. The Morgan fingerprint density at radius 2 is 2.19 bits per heavy atom. The van der Waals surface area contributed by atoms with Crippen LogP contribution in [0.1, 0.15) is 16.3 Å². The third-order valence-electron chi connectivity index (χ3n) is 2.80. The van der Waals surface area contributed by atoms with Gasteiger partial charge >= 0.3 is 0 Å². The molecule has 3 rings (SSSR count). The van der Waals surface area contributed by atoms with Crippen LogP contribution < -0.4 is 11.1 Å². The van der Waals surface area contributed by atoms with E-state index in [1.165, 1.54) is 0 Å². The van der Waals surface area contributed by atoms with Gasteiger partial charge in [0.05, 0.1) is 17.9 Å². The first-order valence-electron chi connectivity index (χ1n) is 6.15. The van der Waals surface area contributed by atoms with E-state index in [9.17, 15) is 4.79 Å². The number of amides is 1. The quantitative estimate of drug-likeness (QED) is 0.574. The van der Waals surface area contributed by atoms with Crippen LogP contribution in [0.5, 0.6) is 0 Å². The average molecular weight is 284 g/mol. The molecule has 0 aliphatic rings. The summed E-state index contributed by atoms with van der Waals surface area (Å²) in [5.41, 5.74) is 7.45. The lowest BCUT2D eigenvalue weighted by atomic mass is 10.3. The molecule has 2 aromatic heterocycles. The molecule has 0 aliphatic carbocycles. The summed E-state index contributed by atoms with van der Waals surface area (Å²) in [6, 6.07) is 8.89. The number of H-pyrrole nitrogens is 1. The number of nitrogens with one attached hydrogen (secondary N) is 2. The van der Waals surface area contributed by atoms with E-state index in [1.807, 2.05) is 18.2 Å². The first-order chi connectivity index (χ1) is 10.2. The maximum atomic E-state index is 12.0. The number of hydrogen-bond donors (Lipinski definition) is 3. The number of tetrazole rings is 1. The van der Waals surface area contributed by atoms with Crippen LogP contribution in [0.25, 0.3) is 5.69 Å². The minimum atomic E-state index is -0.326. The van der Waals surface area contributed by atoms with Gasteiger partial charge in [-0.05, 0) is 18.2 Å². The number of carbonyl (C=O) groups is 1. The molecule has 106 valence electrons. The van der Waals surface area contributed by atoms with Crippen LogP contribution >= 0.6 is 0 Å². The molecule has 0 atom stereocenters. The zero-order chi connectivity index (χ0) is 14.7. The Balaban J connectivity index is 1.73. The number of aromatic nitrogens is 6. The zero-order valence-corrected chi connectivity index (χ0v) is 10.9. The second-order valence-corrected chi connectivity index (χ2v) is 4.22. The van der Waals surface area contributed by atoms with Crippen molar-refractivity contribution in [2.24, 2.45) is 0 Å². The van der Waals surface area contributed by atoms with Gasteiger partial charge in [0.2, 0.25) is 0 Å². The molecular formula is C12H12N8O. The van der Waals surface area contributed by atoms with Crippen molar-refractivity contribution in [3.8, 4) is 5.69 Å². The topological polar surface area (TPSA) is 127 Å². The van der Waals surface area contributed by atoms with Crippen LogP contribution in [0.3, 0.4) is 0 Å². The highest BCUT2D eigenvalue weighted by Gasteiger charge is 2.11. The maximum Gasteiger partial charge on any atom is 0.272 e. The van der Waals surface area contributed by atoms with Crippen LogP contribution in [-0.4, -0.2) is 36.3 Å². The summed E-state index contributed by atoms with van der Waals surface area (Å²) in [6.07, 6.45) is 1.68. The fourth-order valence-electron chi connectivity index (χ4n) is 1.78. The van der Waals surface area contributed by atoms with E-state index in [2.05, 4.69) is 31.0 Å². The average Bonchev–Trinajstić information content (AvgIpc) is 3.17. The van der Waals surface area contributed by atoms with E-state index >= 15 is 0 Å². The fraction of sp³-hybridized carbons (Fsp3) is 0.0833. The Kier molecular flexibility index (Phi) is 3.29. The number of benzene rings is 1. The number of anilines is 1. The lowest BCUT2D eigenvalue weighted by molar-refractivity contribution is 0.0944. The highest BCUT2D eigenvalue weighted by atomic mass is 16.1. The van der Waals surface area contributed by atoms with E-state index in [1.54, 1.807) is 23.0 Å². The fourth-order valence-corrected chi connectivity index (χ4v) is 1.78. The summed E-state index contributed by atoms with van der Waals surface area (Å²) in [7, 11) is 0. The molecule has 9 heteroatoms. The van der Waals surface area contributed by atoms with Gasteiger partial charge in [0.15, 0.2) is 11.5 Å². The molecule has 21 heavy (non-hydrogen) atoms. The molecule has 0 bridgehead atoms. The molecule has 0 fully saturated rings. The van der Waals surface area contributed by atoms with Crippen LogP contribution in [0, 0.1) is 0 Å². The SMILES string of the molecule is Nc1ccccc1-n1ccc(C(=O)NCc2nn[nH]n2)n1. The Labute approximate surface area is 119 Å². The van der Waals surface area contributed by atoms with Gasteiger partial charge in [-0.2, -0.15) is 10.3 Å². The summed E-state index contributed by atoms with van der Waals surface area (Å²) < 4.78 is 1.55. The number of aromatic amines is 1. The highest BCUT2D eigenvalue weighted by molar-refractivity contribution is 5.92. The van der Waals surface area contributed by atoms with Crippen molar-refractivity contribution in [1.29, 1.82) is 0 Å². The van der Waals surface area contributed by atoms with Gasteiger partial charge in [-0.25, -0.2) is 4.68 Å². The number of hydrogen-bond acceptors (Lipinski definition) is 6. The maximum absolute atomic E-state index is 12.0. The van der Waals surface area contributed by atoms with Gasteiger partial charge in [0.1, 0.15) is 0 Å². The summed E-state index contributed by atoms with van der Waals surface area (Å²) in [5, 5.41) is 20.1. The molecule has 1 aromatic carbocycles. The Hall–Kier alpha value is -3.23. The molecule has 0 unspecified atom stereocenters. The van der Waals surface area contributed by atoms with Crippen molar-refractivity contribution in [2.45, 2.75) is 6.54 Å². The first-order valence-corrected chi connectivity index (χ1v) is 6.15. The van der Waals surface area contributed by atoms with E-state index in [0.717, 1.165) is 5.69 Å². The second-order valence-electron chi connectivity index (χ2n) is 4.22. The molecule has 1 amide bonds. The minimum Gasteiger partial charge on any atom is -0.397 e. The zero-order valence-electron chi connectivity index (χ0n) is 10.9. The number of nitrogen functional groups attached to an aromatic ring is 1. The van der Waals surface area contributed by atoms with Gasteiger partial charge in [0.25, 0.3) is 5.91 Å². The van der Waals surface area contributed by atoms with Crippen LogP contribution in [-0.2, 0) is 6.54 Å². The summed E-state index contributed by atoms with van der Waals surface area (Å²) in [4.78, 5) is 12.0. The van der Waals surface area contributed by atoms with E-state index in [4.69, 9.17) is 5.73 Å². The largest absolute Gasteiger partial charge is 0.397 e. The second kappa shape index (κ2) is 5.41. The summed E-state index contributed by atoms with van der Waals surface area (Å²) in [6.45, 7) is 0.176. The normalized spacial score (nSPS) is 10.5. The Morgan fingerprint density at radius 1 is 1.33 bits per heavy atom. The minimum absolute atomic E-state index is 0.176. The van der Waals surface area contributed by atoms with Gasteiger partial charge in [-0.3, -0.25) is 4.79 Å². The summed E-state index contributed by atoms with van der Waals surface area (Å²) >= 11 is 0. The van der Waals surface area contributed by atoms with Crippen LogP contribution in [0.4, 0.5) is 5.69 Å². The number of carbonyl (C=O) groups excluding carboxylic acids is 1. The number of nitrogens with zero attached hydrogens (tertiary/aromatic N) is 5. The lowest BCUT2D eigenvalue weighted by Gasteiger charge is -2.04. The summed E-state index contributed by atoms with van der Waals surface area (Å²) in [5.74, 6) is 0.0724. The van der Waals surface area contributed by atoms with Crippen molar-refractivity contribution in [3.05, 3.63) is 48.0 Å². The first kappa shape index (κ1) is 12.8. The number of rotatable bonds is 4. The predicted octanol–water partition coefficient (Wildman–Crippen LogP) is -0.102. The molecule has 0 spiro atoms. The Bertz CT molecular complexity index is 748. The number of nitrogens with two attached hydrogens (primary N) is 1. The molecule has 4 N–H and O–H groups in total. The predicted molar refractivity (Wildman–Crippen MR) is 73.3 cm³/mol. The van der Waals surface area contributed by atoms with Gasteiger partial charge in [-0.1, -0.05) is 17.3 Å². The third-order valence-corrected chi connectivity index (χ3v) is 2.80. The van der Waals surface area contributed by atoms with Gasteiger partial charge < -0.3 is 11.1 Å². The highest BCUT2D eigenvalue weighted by Crippen LogP contribution is 2.15. The molecule has 0 aliphatic heterocycles. The Morgan fingerprint density at radius 3 is 2.95 bits per heavy atom. The molecule has 0 saturated heterocycles. The molecular weight excluding hydrogens is 272 g/mol. The van der Waals surface area contributed by atoms with Gasteiger partial charge in [-0.15, -0.1) is 10.2 Å². The van der Waals surface area contributed by atoms with E-state index < -0.39 is 0 Å². The van der Waals surface area contributed by atoms with Gasteiger partial charge in [0, 0.05) is 6.20 Å². The molecule has 0 saturated carbocycles. The van der Waals surface area contributed by atoms with Crippen molar-refractivity contribution in [2.75, 3.05) is 5.73 Å². The van der Waals surface area contributed by atoms with Crippen LogP contribution in [0.15, 0.2) is 36.5 Å². The van der Waals surface area contributed by atoms with Crippen molar-refractivity contribution in [3.63, 3.8) is 0 Å².